The van der Waals surface area contributed by atoms with Gasteiger partial charge in [-0.3, -0.25) is 14.9 Å². The molecule has 1 amide bonds. The zero-order valence-electron chi connectivity index (χ0n) is 14.8. The molecule has 27 heavy (non-hydrogen) atoms. The van der Waals surface area contributed by atoms with Crippen molar-refractivity contribution in [3.8, 4) is 0 Å². The molecule has 0 unspecified atom stereocenters. The van der Waals surface area contributed by atoms with E-state index in [0.717, 1.165) is 5.56 Å². The first kappa shape index (κ1) is 20.4. The van der Waals surface area contributed by atoms with Crippen molar-refractivity contribution >= 4 is 29.3 Å². The zero-order valence-corrected chi connectivity index (χ0v) is 15.6. The molecule has 0 aliphatic heterocycles. The summed E-state index contributed by atoms with van der Waals surface area (Å²) in [6, 6.07) is 13.8. The summed E-state index contributed by atoms with van der Waals surface area (Å²) in [5.74, 6) is -0.437. The lowest BCUT2D eigenvalue weighted by molar-refractivity contribution is -0.384. The number of hydrogen-bond acceptors (Lipinski definition) is 6. The smallest absolute Gasteiger partial charge is 0.329 e. The standard InChI is InChI=1S/C19H20N2O5S/c1-27-11-10-17(19(23)26-13-14-6-3-2-4-7-14)20-18(22)15-8-5-9-16(12-15)21(24)25/h2-9,12,17H,10-11,13H2,1H3,(H,20,22)/t17-/m0/s1. The quantitative estimate of drug-likeness (QED) is 0.402. The number of benzene rings is 2. The third-order valence-electron chi connectivity index (χ3n) is 3.74. The van der Waals surface area contributed by atoms with Gasteiger partial charge in [-0.25, -0.2) is 4.79 Å². The highest BCUT2D eigenvalue weighted by molar-refractivity contribution is 7.98. The SMILES string of the molecule is CSCC[C@H](NC(=O)c1cccc([N+](=O)[O-])c1)C(=O)OCc1ccccc1. The van der Waals surface area contributed by atoms with Crippen LogP contribution in [0.15, 0.2) is 54.6 Å². The predicted molar refractivity (Wildman–Crippen MR) is 104 cm³/mol. The van der Waals surface area contributed by atoms with Crippen molar-refractivity contribution in [2.45, 2.75) is 19.1 Å². The number of nitrogens with one attached hydrogen (secondary N) is 1. The minimum absolute atomic E-state index is 0.113. The number of nitrogens with zero attached hydrogens (tertiary/aromatic N) is 1. The van der Waals surface area contributed by atoms with Crippen LogP contribution in [0.4, 0.5) is 5.69 Å². The summed E-state index contributed by atoms with van der Waals surface area (Å²) in [6.07, 6.45) is 2.30. The van der Waals surface area contributed by atoms with Crippen LogP contribution in [-0.2, 0) is 16.1 Å². The fraction of sp³-hybridized carbons (Fsp3) is 0.263. The van der Waals surface area contributed by atoms with Gasteiger partial charge < -0.3 is 10.1 Å². The van der Waals surface area contributed by atoms with Gasteiger partial charge in [-0.15, -0.1) is 0 Å². The molecule has 0 saturated heterocycles. The van der Waals surface area contributed by atoms with Crippen molar-refractivity contribution in [2.24, 2.45) is 0 Å². The van der Waals surface area contributed by atoms with Gasteiger partial charge in [0.25, 0.3) is 11.6 Å². The molecule has 0 spiro atoms. The lowest BCUT2D eigenvalue weighted by atomic mass is 10.1. The zero-order chi connectivity index (χ0) is 19.6. The van der Waals surface area contributed by atoms with Crippen LogP contribution < -0.4 is 5.32 Å². The maximum Gasteiger partial charge on any atom is 0.329 e. The number of nitro benzene ring substituents is 1. The number of nitro groups is 1. The summed E-state index contributed by atoms with van der Waals surface area (Å²) in [5.41, 5.74) is 0.781. The van der Waals surface area contributed by atoms with E-state index in [2.05, 4.69) is 5.32 Å². The van der Waals surface area contributed by atoms with Gasteiger partial charge in [0.05, 0.1) is 4.92 Å². The Labute approximate surface area is 161 Å². The normalized spacial score (nSPS) is 11.4. The third kappa shape index (κ3) is 6.41. The van der Waals surface area contributed by atoms with Gasteiger partial charge in [-0.05, 0) is 30.1 Å². The van der Waals surface area contributed by atoms with E-state index in [9.17, 15) is 19.7 Å². The number of rotatable bonds is 9. The van der Waals surface area contributed by atoms with E-state index >= 15 is 0 Å². The van der Waals surface area contributed by atoms with Gasteiger partial charge in [0.1, 0.15) is 12.6 Å². The largest absolute Gasteiger partial charge is 0.459 e. The van der Waals surface area contributed by atoms with Crippen LogP contribution in [0.3, 0.4) is 0 Å². The highest BCUT2D eigenvalue weighted by Crippen LogP contribution is 2.14. The lowest BCUT2D eigenvalue weighted by Crippen LogP contribution is -2.42. The second-order valence-electron chi connectivity index (χ2n) is 5.71. The van der Waals surface area contributed by atoms with Gasteiger partial charge in [0, 0.05) is 17.7 Å². The summed E-state index contributed by atoms with van der Waals surface area (Å²) in [4.78, 5) is 35.1. The first-order valence-corrected chi connectivity index (χ1v) is 9.65. The topological polar surface area (TPSA) is 98.5 Å². The van der Waals surface area contributed by atoms with Crippen molar-refractivity contribution in [2.75, 3.05) is 12.0 Å². The van der Waals surface area contributed by atoms with Crippen molar-refractivity contribution in [1.82, 2.24) is 5.32 Å². The fourth-order valence-electron chi connectivity index (χ4n) is 2.32. The maximum absolute atomic E-state index is 12.4. The summed E-state index contributed by atoms with van der Waals surface area (Å²) < 4.78 is 5.31. The lowest BCUT2D eigenvalue weighted by Gasteiger charge is -2.17. The molecule has 0 radical (unpaired) electrons. The molecule has 0 fully saturated rings. The number of ether oxygens (including phenoxy) is 1. The molecule has 0 saturated carbocycles. The van der Waals surface area contributed by atoms with Gasteiger partial charge in [-0.1, -0.05) is 36.4 Å². The summed E-state index contributed by atoms with van der Waals surface area (Å²) in [7, 11) is 0. The van der Waals surface area contributed by atoms with E-state index in [-0.39, 0.29) is 17.9 Å². The number of carbonyl (C=O) groups excluding carboxylic acids is 2. The first-order chi connectivity index (χ1) is 13.0. The van der Waals surface area contributed by atoms with Crippen LogP contribution in [0.5, 0.6) is 0 Å². The highest BCUT2D eigenvalue weighted by Gasteiger charge is 2.23. The molecule has 2 aromatic carbocycles. The Bertz CT molecular complexity index is 798. The van der Waals surface area contributed by atoms with Crippen molar-refractivity contribution in [3.63, 3.8) is 0 Å². The van der Waals surface area contributed by atoms with Crippen LogP contribution in [0.2, 0.25) is 0 Å². The second-order valence-corrected chi connectivity index (χ2v) is 6.69. The number of amides is 1. The Morgan fingerprint density at radius 3 is 2.59 bits per heavy atom. The summed E-state index contributed by atoms with van der Waals surface area (Å²) in [6.45, 7) is 0.113. The van der Waals surface area contributed by atoms with Crippen LogP contribution in [0.25, 0.3) is 0 Å². The first-order valence-electron chi connectivity index (χ1n) is 8.26. The molecular weight excluding hydrogens is 368 g/mol. The Hall–Kier alpha value is -2.87. The number of hydrogen-bond donors (Lipinski definition) is 1. The highest BCUT2D eigenvalue weighted by atomic mass is 32.2. The molecule has 0 bridgehead atoms. The molecule has 2 aromatic rings. The number of esters is 1. The van der Waals surface area contributed by atoms with Crippen LogP contribution >= 0.6 is 11.8 Å². The van der Waals surface area contributed by atoms with Crippen molar-refractivity contribution in [1.29, 1.82) is 0 Å². The predicted octanol–water partition coefficient (Wildman–Crippen LogP) is 3.19. The monoisotopic (exact) mass is 388 g/mol. The van der Waals surface area contributed by atoms with E-state index < -0.39 is 22.8 Å². The molecule has 1 N–H and O–H groups in total. The minimum Gasteiger partial charge on any atom is -0.459 e. The van der Waals surface area contributed by atoms with E-state index in [0.29, 0.717) is 12.2 Å². The Morgan fingerprint density at radius 2 is 1.93 bits per heavy atom. The molecule has 7 nitrogen and oxygen atoms in total. The average Bonchev–Trinajstić information content (AvgIpc) is 2.70. The summed E-state index contributed by atoms with van der Waals surface area (Å²) in [5, 5.41) is 13.5. The third-order valence-corrected chi connectivity index (χ3v) is 4.39. The molecule has 0 aliphatic carbocycles. The van der Waals surface area contributed by atoms with Crippen molar-refractivity contribution < 1.29 is 19.2 Å². The van der Waals surface area contributed by atoms with Crippen LogP contribution in [0, 0.1) is 10.1 Å². The van der Waals surface area contributed by atoms with Gasteiger partial charge in [0.15, 0.2) is 0 Å². The number of non-ortho nitro benzene ring substituents is 1. The Morgan fingerprint density at radius 1 is 1.19 bits per heavy atom. The second kappa shape index (κ2) is 10.3. The Balaban J connectivity index is 2.04. The number of thioether (sulfide) groups is 1. The number of carbonyl (C=O) groups is 2. The molecular formula is C19H20N2O5S. The van der Waals surface area contributed by atoms with E-state index in [1.165, 1.54) is 24.3 Å². The van der Waals surface area contributed by atoms with E-state index in [4.69, 9.17) is 4.74 Å². The molecule has 8 heteroatoms. The van der Waals surface area contributed by atoms with Crippen molar-refractivity contribution in [3.05, 3.63) is 75.8 Å². The van der Waals surface area contributed by atoms with Crippen LogP contribution in [0.1, 0.15) is 22.3 Å². The van der Waals surface area contributed by atoms with Gasteiger partial charge >= 0.3 is 5.97 Å². The average molecular weight is 388 g/mol. The van der Waals surface area contributed by atoms with Gasteiger partial charge in [0.2, 0.25) is 0 Å². The van der Waals surface area contributed by atoms with E-state index in [1.54, 1.807) is 11.8 Å². The Kier molecular flexibility index (Phi) is 7.81. The molecule has 0 aliphatic rings. The fourth-order valence-corrected chi connectivity index (χ4v) is 2.79. The molecule has 0 heterocycles. The van der Waals surface area contributed by atoms with Crippen LogP contribution in [-0.4, -0.2) is 34.9 Å². The molecule has 1 atom stereocenters. The molecule has 2 rings (SSSR count). The summed E-state index contributed by atoms with van der Waals surface area (Å²) >= 11 is 1.54. The molecule has 142 valence electrons. The molecule has 0 aromatic heterocycles. The maximum atomic E-state index is 12.4. The van der Waals surface area contributed by atoms with E-state index in [1.807, 2.05) is 36.6 Å². The minimum atomic E-state index is -0.826. The van der Waals surface area contributed by atoms with Gasteiger partial charge in [-0.2, -0.15) is 11.8 Å².